The zero-order valence-corrected chi connectivity index (χ0v) is 14.9. The number of hydrogen-bond donors (Lipinski definition) is 3. The van der Waals surface area contributed by atoms with E-state index in [1.54, 1.807) is 0 Å². The molecule has 0 saturated carbocycles. The number of primary amides is 2. The first-order valence-corrected chi connectivity index (χ1v) is 8.61. The van der Waals surface area contributed by atoms with Crippen molar-refractivity contribution in [3.05, 3.63) is 48.3 Å². The molecule has 8 heteroatoms. The minimum Gasteiger partial charge on any atom is -0.494 e. The fourth-order valence-electron chi connectivity index (χ4n) is 2.76. The quantitative estimate of drug-likeness (QED) is 0.555. The van der Waals surface area contributed by atoms with Crippen LogP contribution in [0.25, 0.3) is 16.5 Å². The van der Waals surface area contributed by atoms with Gasteiger partial charge in [-0.2, -0.15) is 5.10 Å². The summed E-state index contributed by atoms with van der Waals surface area (Å²) in [4.78, 5) is 22.8. The molecule has 3 rings (SSSR count). The monoisotopic (exact) mass is 367 g/mol. The van der Waals surface area contributed by atoms with Gasteiger partial charge >= 0.3 is 6.03 Å². The molecule has 0 unspecified atom stereocenters. The van der Waals surface area contributed by atoms with Crippen molar-refractivity contribution in [2.75, 3.05) is 11.9 Å². The highest BCUT2D eigenvalue weighted by molar-refractivity contribution is 6.01. The number of aromatic nitrogens is 2. The molecule has 27 heavy (non-hydrogen) atoms. The first-order chi connectivity index (χ1) is 13.0. The standard InChI is InChI=1S/C19H21N5O3/c1-2-3-9-27-13-8-7-12-5-4-6-16(14(12)10-13)24-11-15(22-19(21)26)17(23-24)18(20)25/h4-8,10-11H,2-3,9H2,1H3,(H2,20,25)(H3,21,22,26). The molecule has 0 aliphatic carbocycles. The van der Waals surface area contributed by atoms with Crippen molar-refractivity contribution in [3.63, 3.8) is 0 Å². The van der Waals surface area contributed by atoms with Crippen LogP contribution in [-0.2, 0) is 0 Å². The third-order valence-corrected chi connectivity index (χ3v) is 4.05. The van der Waals surface area contributed by atoms with Gasteiger partial charge in [-0.05, 0) is 30.0 Å². The van der Waals surface area contributed by atoms with Gasteiger partial charge in [-0.25, -0.2) is 9.48 Å². The van der Waals surface area contributed by atoms with Crippen molar-refractivity contribution in [1.29, 1.82) is 0 Å². The second-order valence-corrected chi connectivity index (χ2v) is 6.05. The number of carbonyl (C=O) groups is 2. The number of rotatable bonds is 7. The zero-order valence-electron chi connectivity index (χ0n) is 14.9. The van der Waals surface area contributed by atoms with E-state index in [4.69, 9.17) is 16.2 Å². The summed E-state index contributed by atoms with van der Waals surface area (Å²) in [5.41, 5.74) is 11.3. The van der Waals surface area contributed by atoms with E-state index in [0.717, 1.165) is 29.4 Å². The van der Waals surface area contributed by atoms with Crippen LogP contribution in [-0.4, -0.2) is 28.3 Å². The van der Waals surface area contributed by atoms with Gasteiger partial charge in [-0.1, -0.05) is 31.5 Å². The van der Waals surface area contributed by atoms with Gasteiger partial charge in [0.15, 0.2) is 5.69 Å². The number of ether oxygens (including phenoxy) is 1. The lowest BCUT2D eigenvalue weighted by Crippen LogP contribution is -2.22. The van der Waals surface area contributed by atoms with E-state index < -0.39 is 11.9 Å². The lowest BCUT2D eigenvalue weighted by molar-refractivity contribution is 0.0996. The number of urea groups is 1. The Kier molecular flexibility index (Phi) is 5.25. The number of anilines is 1. The van der Waals surface area contributed by atoms with E-state index in [1.165, 1.54) is 10.9 Å². The van der Waals surface area contributed by atoms with E-state index in [2.05, 4.69) is 17.3 Å². The van der Waals surface area contributed by atoms with Crippen LogP contribution in [0.1, 0.15) is 30.3 Å². The number of hydrogen-bond acceptors (Lipinski definition) is 4. The van der Waals surface area contributed by atoms with Gasteiger partial charge < -0.3 is 21.5 Å². The molecular formula is C19H21N5O3. The lowest BCUT2D eigenvalue weighted by Gasteiger charge is -2.10. The van der Waals surface area contributed by atoms with Gasteiger partial charge in [-0.3, -0.25) is 4.79 Å². The Bertz CT molecular complexity index is 996. The Morgan fingerprint density at radius 2 is 2.04 bits per heavy atom. The molecule has 1 heterocycles. The summed E-state index contributed by atoms with van der Waals surface area (Å²) in [5.74, 6) is -0.0116. The minimum absolute atomic E-state index is 0.0684. The van der Waals surface area contributed by atoms with Crippen LogP contribution in [0, 0.1) is 0 Å². The number of nitrogens with one attached hydrogen (secondary N) is 1. The van der Waals surface area contributed by atoms with Gasteiger partial charge in [0.2, 0.25) is 0 Å². The van der Waals surface area contributed by atoms with Gasteiger partial charge in [0.05, 0.1) is 24.2 Å². The van der Waals surface area contributed by atoms with Gasteiger partial charge in [0.1, 0.15) is 5.75 Å². The highest BCUT2D eigenvalue weighted by Gasteiger charge is 2.17. The number of amides is 3. The molecule has 0 aliphatic heterocycles. The summed E-state index contributed by atoms with van der Waals surface area (Å²) in [6.07, 6.45) is 3.53. The van der Waals surface area contributed by atoms with Crippen LogP contribution in [0.5, 0.6) is 5.75 Å². The van der Waals surface area contributed by atoms with Crippen molar-refractivity contribution >= 4 is 28.4 Å². The Hall–Kier alpha value is -3.55. The molecule has 8 nitrogen and oxygen atoms in total. The molecule has 0 atom stereocenters. The third kappa shape index (κ3) is 4.00. The molecule has 0 aliphatic rings. The van der Waals surface area contributed by atoms with E-state index in [1.807, 2.05) is 36.4 Å². The topological polar surface area (TPSA) is 125 Å². The number of fused-ring (bicyclic) bond motifs is 1. The summed E-state index contributed by atoms with van der Waals surface area (Å²) < 4.78 is 7.28. The van der Waals surface area contributed by atoms with Crippen molar-refractivity contribution in [2.24, 2.45) is 11.5 Å². The van der Waals surface area contributed by atoms with Crippen LogP contribution >= 0.6 is 0 Å². The molecule has 140 valence electrons. The molecular weight excluding hydrogens is 346 g/mol. The average molecular weight is 367 g/mol. The maximum Gasteiger partial charge on any atom is 0.316 e. The number of benzene rings is 2. The summed E-state index contributed by atoms with van der Waals surface area (Å²) in [6, 6.07) is 10.7. The van der Waals surface area contributed by atoms with Crippen molar-refractivity contribution in [2.45, 2.75) is 19.8 Å². The van der Waals surface area contributed by atoms with E-state index in [9.17, 15) is 9.59 Å². The lowest BCUT2D eigenvalue weighted by atomic mass is 10.1. The number of nitrogens with zero attached hydrogens (tertiary/aromatic N) is 2. The predicted octanol–water partition coefficient (Wildman–Crippen LogP) is 2.79. The highest BCUT2D eigenvalue weighted by Crippen LogP contribution is 2.28. The van der Waals surface area contributed by atoms with Gasteiger partial charge in [-0.15, -0.1) is 0 Å². The number of nitrogens with two attached hydrogens (primary N) is 2. The summed E-state index contributed by atoms with van der Waals surface area (Å²) in [5, 5.41) is 8.46. The van der Waals surface area contributed by atoms with Gasteiger partial charge in [0.25, 0.3) is 5.91 Å². The largest absolute Gasteiger partial charge is 0.494 e. The number of carbonyl (C=O) groups excluding carboxylic acids is 2. The molecule has 0 fully saturated rings. The molecule has 5 N–H and O–H groups in total. The molecule has 0 radical (unpaired) electrons. The van der Waals surface area contributed by atoms with Crippen molar-refractivity contribution < 1.29 is 14.3 Å². The normalized spacial score (nSPS) is 10.7. The maximum absolute atomic E-state index is 11.6. The summed E-state index contributed by atoms with van der Waals surface area (Å²) in [7, 11) is 0. The van der Waals surface area contributed by atoms with Crippen molar-refractivity contribution in [3.8, 4) is 11.4 Å². The van der Waals surface area contributed by atoms with E-state index in [-0.39, 0.29) is 11.4 Å². The first kappa shape index (κ1) is 18.2. The Balaban J connectivity index is 2.06. The highest BCUT2D eigenvalue weighted by atomic mass is 16.5. The van der Waals surface area contributed by atoms with Crippen molar-refractivity contribution in [1.82, 2.24) is 9.78 Å². The molecule has 3 amide bonds. The van der Waals surface area contributed by atoms with Crippen LogP contribution < -0.4 is 21.5 Å². The predicted molar refractivity (Wildman–Crippen MR) is 103 cm³/mol. The zero-order chi connectivity index (χ0) is 19.4. The fourth-order valence-corrected chi connectivity index (χ4v) is 2.76. The van der Waals surface area contributed by atoms with Gasteiger partial charge in [0, 0.05) is 5.39 Å². The second-order valence-electron chi connectivity index (χ2n) is 6.05. The van der Waals surface area contributed by atoms with Crippen LogP contribution in [0.2, 0.25) is 0 Å². The molecule has 0 saturated heterocycles. The molecule has 3 aromatic rings. The average Bonchev–Trinajstić information content (AvgIpc) is 3.04. The molecule has 2 aromatic carbocycles. The Labute approximate surface area is 156 Å². The third-order valence-electron chi connectivity index (χ3n) is 4.05. The minimum atomic E-state index is -0.804. The summed E-state index contributed by atoms with van der Waals surface area (Å²) in [6.45, 7) is 2.75. The molecule has 0 spiro atoms. The molecule has 1 aromatic heterocycles. The summed E-state index contributed by atoms with van der Waals surface area (Å²) >= 11 is 0. The van der Waals surface area contributed by atoms with E-state index >= 15 is 0 Å². The second kappa shape index (κ2) is 7.77. The maximum atomic E-state index is 11.6. The van der Waals surface area contributed by atoms with Crippen LogP contribution in [0.15, 0.2) is 42.6 Å². The fraction of sp³-hybridized carbons (Fsp3) is 0.211. The Morgan fingerprint density at radius 3 is 2.74 bits per heavy atom. The smallest absolute Gasteiger partial charge is 0.316 e. The van der Waals surface area contributed by atoms with Crippen LogP contribution in [0.3, 0.4) is 0 Å². The van der Waals surface area contributed by atoms with E-state index in [0.29, 0.717) is 12.3 Å². The number of unbranched alkanes of at least 4 members (excludes halogenated alkanes) is 1. The van der Waals surface area contributed by atoms with Crippen LogP contribution in [0.4, 0.5) is 10.5 Å². The SMILES string of the molecule is CCCCOc1ccc2cccc(-n3cc(NC(N)=O)c(C(N)=O)n3)c2c1. The molecule has 0 bridgehead atoms. The first-order valence-electron chi connectivity index (χ1n) is 8.61. The Morgan fingerprint density at radius 1 is 1.22 bits per heavy atom.